The molecule has 1 amide bonds. The molecule has 0 aromatic heterocycles. The molecular formula is C21H17F6NO3S. The van der Waals surface area contributed by atoms with Gasteiger partial charge in [0, 0.05) is 29.7 Å². The highest BCUT2D eigenvalue weighted by Gasteiger charge is 2.38. The van der Waals surface area contributed by atoms with Gasteiger partial charge in [-0.25, -0.2) is 0 Å². The highest BCUT2D eigenvalue weighted by molar-refractivity contribution is 7.99. The van der Waals surface area contributed by atoms with Crippen LogP contribution < -0.4 is 9.47 Å². The Bertz CT molecular complexity index is 991. The number of halogens is 6. The van der Waals surface area contributed by atoms with E-state index in [1.807, 2.05) is 12.1 Å². The van der Waals surface area contributed by atoms with Gasteiger partial charge in [-0.3, -0.25) is 4.79 Å². The van der Waals surface area contributed by atoms with Gasteiger partial charge in [0.2, 0.25) is 6.79 Å². The fraction of sp³-hybridized carbons (Fsp3) is 0.381. The number of rotatable bonds is 2. The summed E-state index contributed by atoms with van der Waals surface area (Å²) in [5.74, 6) is 0.877. The molecule has 0 N–H and O–H groups in total. The average Bonchev–Trinajstić information content (AvgIpc) is 3.06. The number of amides is 1. The zero-order valence-electron chi connectivity index (χ0n) is 16.4. The van der Waals surface area contributed by atoms with Crippen molar-refractivity contribution < 1.29 is 40.6 Å². The minimum atomic E-state index is -5.00. The summed E-state index contributed by atoms with van der Waals surface area (Å²) >= 11 is 1.56. The predicted octanol–water partition coefficient (Wildman–Crippen LogP) is 5.77. The van der Waals surface area contributed by atoms with Crippen molar-refractivity contribution in [3.63, 3.8) is 0 Å². The van der Waals surface area contributed by atoms with Crippen LogP contribution in [0.1, 0.15) is 38.7 Å². The lowest BCUT2D eigenvalue weighted by atomic mass is 10.0. The van der Waals surface area contributed by atoms with Crippen LogP contribution in [-0.2, 0) is 12.4 Å². The Hall–Kier alpha value is -2.56. The summed E-state index contributed by atoms with van der Waals surface area (Å²) in [4.78, 5) is 14.2. The summed E-state index contributed by atoms with van der Waals surface area (Å²) in [6.07, 6.45) is -9.52. The maximum atomic E-state index is 13.1. The van der Waals surface area contributed by atoms with Crippen LogP contribution in [-0.4, -0.2) is 36.4 Å². The highest BCUT2D eigenvalue weighted by atomic mass is 32.2. The zero-order valence-corrected chi connectivity index (χ0v) is 17.2. The molecule has 0 radical (unpaired) electrons. The van der Waals surface area contributed by atoms with Crippen LogP contribution in [0.4, 0.5) is 26.3 Å². The van der Waals surface area contributed by atoms with Crippen molar-refractivity contribution in [3.05, 3.63) is 58.7 Å². The molecule has 1 fully saturated rings. The van der Waals surface area contributed by atoms with Gasteiger partial charge in [0.1, 0.15) is 0 Å². The Morgan fingerprint density at radius 2 is 1.56 bits per heavy atom. The van der Waals surface area contributed by atoms with Gasteiger partial charge in [-0.05, 0) is 42.3 Å². The van der Waals surface area contributed by atoms with E-state index in [1.165, 1.54) is 4.90 Å². The lowest BCUT2D eigenvalue weighted by molar-refractivity contribution is -0.143. The van der Waals surface area contributed by atoms with Crippen LogP contribution in [0, 0.1) is 0 Å². The Labute approximate surface area is 183 Å². The molecule has 0 saturated carbocycles. The van der Waals surface area contributed by atoms with Crippen LogP contribution in [0.2, 0.25) is 0 Å². The molecule has 1 saturated heterocycles. The molecule has 0 aliphatic carbocycles. The summed E-state index contributed by atoms with van der Waals surface area (Å²) in [5.41, 5.74) is -2.68. The van der Waals surface area contributed by atoms with E-state index < -0.39 is 35.0 Å². The van der Waals surface area contributed by atoms with E-state index in [0.717, 1.165) is 5.56 Å². The Morgan fingerprint density at radius 1 is 0.906 bits per heavy atom. The first-order valence-corrected chi connectivity index (χ1v) is 10.7. The third-order valence-corrected chi connectivity index (χ3v) is 6.56. The van der Waals surface area contributed by atoms with Crippen molar-refractivity contribution in [1.29, 1.82) is 0 Å². The van der Waals surface area contributed by atoms with Crippen LogP contribution in [0.25, 0.3) is 0 Å². The van der Waals surface area contributed by atoms with E-state index in [0.29, 0.717) is 35.8 Å². The van der Waals surface area contributed by atoms with Crippen molar-refractivity contribution in [2.45, 2.75) is 24.0 Å². The molecule has 4 rings (SSSR count). The maximum absolute atomic E-state index is 13.1. The first-order chi connectivity index (χ1) is 15.0. The van der Waals surface area contributed by atoms with Crippen molar-refractivity contribution in [2.75, 3.05) is 25.6 Å². The molecule has 2 aliphatic heterocycles. The predicted molar refractivity (Wildman–Crippen MR) is 105 cm³/mol. The molecule has 2 heterocycles. The van der Waals surface area contributed by atoms with E-state index in [-0.39, 0.29) is 31.2 Å². The molecule has 4 nitrogen and oxygen atoms in total. The van der Waals surface area contributed by atoms with Crippen LogP contribution >= 0.6 is 11.8 Å². The van der Waals surface area contributed by atoms with Crippen LogP contribution in [0.3, 0.4) is 0 Å². The number of thioether (sulfide) groups is 1. The second kappa shape index (κ2) is 8.42. The Balaban J connectivity index is 1.54. The van der Waals surface area contributed by atoms with Crippen molar-refractivity contribution >= 4 is 17.7 Å². The fourth-order valence-corrected chi connectivity index (χ4v) is 4.84. The lowest BCUT2D eigenvalue weighted by Gasteiger charge is -2.22. The van der Waals surface area contributed by atoms with Gasteiger partial charge in [-0.1, -0.05) is 6.07 Å². The van der Waals surface area contributed by atoms with Crippen molar-refractivity contribution in [2.24, 2.45) is 0 Å². The number of alkyl halides is 6. The summed E-state index contributed by atoms with van der Waals surface area (Å²) in [6, 6.07) is 6.49. The molecule has 1 unspecified atom stereocenters. The van der Waals surface area contributed by atoms with Crippen molar-refractivity contribution in [1.82, 2.24) is 4.90 Å². The largest absolute Gasteiger partial charge is 0.454 e. The van der Waals surface area contributed by atoms with Crippen molar-refractivity contribution in [3.8, 4) is 11.5 Å². The normalized spacial score (nSPS) is 19.1. The van der Waals surface area contributed by atoms with E-state index in [9.17, 15) is 31.1 Å². The second-order valence-corrected chi connectivity index (χ2v) is 8.66. The molecule has 2 aliphatic rings. The second-order valence-electron chi connectivity index (χ2n) is 7.35. The first-order valence-electron chi connectivity index (χ1n) is 9.62. The van der Waals surface area contributed by atoms with Crippen LogP contribution in [0.15, 0.2) is 36.4 Å². The number of benzene rings is 2. The summed E-state index contributed by atoms with van der Waals surface area (Å²) < 4.78 is 89.4. The zero-order chi connectivity index (χ0) is 23.1. The van der Waals surface area contributed by atoms with E-state index in [1.54, 1.807) is 17.8 Å². The quantitative estimate of drug-likeness (QED) is 0.515. The fourth-order valence-electron chi connectivity index (χ4n) is 3.61. The van der Waals surface area contributed by atoms with Crippen LogP contribution in [0.5, 0.6) is 11.5 Å². The molecule has 2 aromatic carbocycles. The third kappa shape index (κ3) is 4.77. The number of nitrogens with zero attached hydrogens (tertiary/aromatic N) is 1. The van der Waals surface area contributed by atoms with Gasteiger partial charge < -0.3 is 14.4 Å². The Kier molecular flexibility index (Phi) is 5.95. The SMILES string of the molecule is O=C(c1cc(C(F)(F)F)cc(C(F)(F)F)c1)N1CCSC(c2ccc3c(c2)OCO3)CC1. The van der Waals surface area contributed by atoms with E-state index >= 15 is 0 Å². The number of carbonyl (C=O) groups excluding carboxylic acids is 1. The van der Waals surface area contributed by atoms with Gasteiger partial charge in [-0.15, -0.1) is 0 Å². The summed E-state index contributed by atoms with van der Waals surface area (Å²) in [6.45, 7) is 0.542. The third-order valence-electron chi connectivity index (χ3n) is 5.23. The van der Waals surface area contributed by atoms with Gasteiger partial charge in [-0.2, -0.15) is 38.1 Å². The molecule has 0 bridgehead atoms. The minimum Gasteiger partial charge on any atom is -0.454 e. The number of hydrogen-bond acceptors (Lipinski definition) is 4. The molecule has 32 heavy (non-hydrogen) atoms. The maximum Gasteiger partial charge on any atom is 0.416 e. The van der Waals surface area contributed by atoms with Gasteiger partial charge in [0.25, 0.3) is 5.91 Å². The van der Waals surface area contributed by atoms with E-state index in [4.69, 9.17) is 9.47 Å². The first kappa shape index (κ1) is 22.6. The smallest absolute Gasteiger partial charge is 0.416 e. The Morgan fingerprint density at radius 3 is 2.22 bits per heavy atom. The molecule has 11 heteroatoms. The number of fused-ring (bicyclic) bond motifs is 1. The van der Waals surface area contributed by atoms with Gasteiger partial charge >= 0.3 is 12.4 Å². The van der Waals surface area contributed by atoms with E-state index in [2.05, 4.69) is 0 Å². The number of ether oxygens (including phenoxy) is 2. The van der Waals surface area contributed by atoms with Gasteiger partial charge in [0.15, 0.2) is 11.5 Å². The summed E-state index contributed by atoms with van der Waals surface area (Å²) in [5, 5.41) is -0.00505. The minimum absolute atomic E-state index is 0.00505. The summed E-state index contributed by atoms with van der Waals surface area (Å²) in [7, 11) is 0. The molecule has 172 valence electrons. The molecular weight excluding hydrogens is 460 g/mol. The standard InChI is InChI=1S/C21H17F6NO3S/c22-20(23,24)14-7-13(8-15(10-14)21(25,26)27)19(29)28-4-3-18(32-6-5-28)12-1-2-16-17(9-12)31-11-30-16/h1-2,7-10,18H,3-6,11H2. The number of carbonyl (C=O) groups is 1. The number of hydrogen-bond donors (Lipinski definition) is 0. The average molecular weight is 477 g/mol. The highest BCUT2D eigenvalue weighted by Crippen LogP contribution is 2.41. The van der Waals surface area contributed by atoms with Gasteiger partial charge in [0.05, 0.1) is 11.1 Å². The lowest BCUT2D eigenvalue weighted by Crippen LogP contribution is -2.33. The topological polar surface area (TPSA) is 38.8 Å². The molecule has 1 atom stereocenters. The monoisotopic (exact) mass is 477 g/mol. The molecule has 0 spiro atoms. The molecule has 2 aromatic rings.